The first-order valence-corrected chi connectivity index (χ1v) is 4.79. The molecule has 0 spiro atoms. The molecule has 6 nitrogen and oxygen atoms in total. The maximum absolute atomic E-state index is 10.6. The summed E-state index contributed by atoms with van der Waals surface area (Å²) in [5.74, 6) is 0.520. The van der Waals surface area contributed by atoms with Crippen molar-refractivity contribution in [1.82, 2.24) is 9.97 Å². The molecule has 0 saturated carbocycles. The molecular formula is C8H11ClN4O2. The zero-order chi connectivity index (χ0) is 11.4. The highest BCUT2D eigenvalue weighted by Gasteiger charge is 2.16. The van der Waals surface area contributed by atoms with Crippen LogP contribution >= 0.6 is 11.6 Å². The Labute approximate surface area is 91.8 Å². The molecule has 0 aliphatic heterocycles. The van der Waals surface area contributed by atoms with Gasteiger partial charge in [0.1, 0.15) is 6.20 Å². The van der Waals surface area contributed by atoms with Crippen molar-refractivity contribution in [3.8, 4) is 0 Å². The highest BCUT2D eigenvalue weighted by molar-refractivity contribution is 6.28. The number of rotatable bonds is 4. The first kappa shape index (κ1) is 11.6. The van der Waals surface area contributed by atoms with E-state index < -0.39 is 4.92 Å². The predicted molar refractivity (Wildman–Crippen MR) is 57.0 cm³/mol. The van der Waals surface area contributed by atoms with Crippen LogP contribution in [0.3, 0.4) is 0 Å². The maximum atomic E-state index is 10.6. The van der Waals surface area contributed by atoms with Crippen LogP contribution in [0.4, 0.5) is 11.5 Å². The predicted octanol–water partition coefficient (Wildman–Crippen LogP) is 2.11. The van der Waals surface area contributed by atoms with Gasteiger partial charge in [-0.05, 0) is 17.5 Å². The third-order valence-corrected chi connectivity index (χ3v) is 1.80. The Balaban J connectivity index is 2.92. The second-order valence-corrected chi connectivity index (χ2v) is 3.74. The van der Waals surface area contributed by atoms with Gasteiger partial charge in [0.25, 0.3) is 0 Å². The lowest BCUT2D eigenvalue weighted by Crippen LogP contribution is -2.11. The van der Waals surface area contributed by atoms with Gasteiger partial charge in [-0.3, -0.25) is 10.1 Å². The smallest absolute Gasteiger partial charge is 0.329 e. The van der Waals surface area contributed by atoms with Crippen LogP contribution in [0.2, 0.25) is 5.28 Å². The fraction of sp³-hybridized carbons (Fsp3) is 0.500. The molecule has 0 unspecified atom stereocenters. The molecule has 1 N–H and O–H groups in total. The molecule has 7 heteroatoms. The van der Waals surface area contributed by atoms with Gasteiger partial charge in [-0.15, -0.1) is 0 Å². The molecule has 1 rings (SSSR count). The summed E-state index contributed by atoms with van der Waals surface area (Å²) in [7, 11) is 0. The van der Waals surface area contributed by atoms with E-state index in [1.165, 1.54) is 0 Å². The molecule has 0 aromatic carbocycles. The summed E-state index contributed by atoms with van der Waals surface area (Å²) in [6.45, 7) is 4.57. The zero-order valence-electron chi connectivity index (χ0n) is 8.40. The third kappa shape index (κ3) is 3.32. The number of halogens is 1. The van der Waals surface area contributed by atoms with Crippen molar-refractivity contribution in [3.63, 3.8) is 0 Å². The Morgan fingerprint density at radius 3 is 2.87 bits per heavy atom. The van der Waals surface area contributed by atoms with E-state index in [1.807, 2.05) is 13.8 Å². The summed E-state index contributed by atoms with van der Waals surface area (Å²) in [6, 6.07) is 0. The average molecular weight is 231 g/mol. The number of aromatic nitrogens is 2. The fourth-order valence-corrected chi connectivity index (χ4v) is 1.05. The van der Waals surface area contributed by atoms with Gasteiger partial charge in [-0.2, -0.15) is 4.98 Å². The average Bonchev–Trinajstić information content (AvgIpc) is 2.14. The number of hydrogen-bond acceptors (Lipinski definition) is 5. The Bertz CT molecular complexity index is 370. The summed E-state index contributed by atoms with van der Waals surface area (Å²) in [6.07, 6.45) is 1.10. The Morgan fingerprint density at radius 1 is 1.67 bits per heavy atom. The molecule has 0 bridgehead atoms. The van der Waals surface area contributed by atoms with E-state index in [9.17, 15) is 10.1 Å². The first-order chi connectivity index (χ1) is 7.00. The highest BCUT2D eigenvalue weighted by Crippen LogP contribution is 2.21. The van der Waals surface area contributed by atoms with E-state index in [0.717, 1.165) is 6.20 Å². The largest absolute Gasteiger partial charge is 0.364 e. The van der Waals surface area contributed by atoms with Crippen LogP contribution in [0, 0.1) is 16.0 Å². The van der Waals surface area contributed by atoms with E-state index in [4.69, 9.17) is 11.6 Å². The van der Waals surface area contributed by atoms with Crippen molar-refractivity contribution < 1.29 is 4.92 Å². The van der Waals surface area contributed by atoms with Gasteiger partial charge < -0.3 is 5.32 Å². The van der Waals surface area contributed by atoms with Gasteiger partial charge in [-0.25, -0.2) is 4.98 Å². The van der Waals surface area contributed by atoms with Crippen LogP contribution in [-0.4, -0.2) is 21.4 Å². The second kappa shape index (κ2) is 4.88. The summed E-state index contributed by atoms with van der Waals surface area (Å²) < 4.78 is 0. The second-order valence-electron chi connectivity index (χ2n) is 3.40. The van der Waals surface area contributed by atoms with Crippen LogP contribution in [0.1, 0.15) is 13.8 Å². The van der Waals surface area contributed by atoms with Gasteiger partial charge in [0, 0.05) is 6.54 Å². The number of nitrogens with zero attached hydrogens (tertiary/aromatic N) is 3. The molecule has 0 saturated heterocycles. The lowest BCUT2D eigenvalue weighted by atomic mass is 10.2. The molecule has 1 heterocycles. The highest BCUT2D eigenvalue weighted by atomic mass is 35.5. The molecule has 1 aromatic rings. The first-order valence-electron chi connectivity index (χ1n) is 4.41. The lowest BCUT2D eigenvalue weighted by Gasteiger charge is -2.07. The quantitative estimate of drug-likeness (QED) is 0.487. The Morgan fingerprint density at radius 2 is 2.33 bits per heavy atom. The van der Waals surface area contributed by atoms with E-state index in [0.29, 0.717) is 12.5 Å². The summed E-state index contributed by atoms with van der Waals surface area (Å²) >= 11 is 5.55. The number of anilines is 1. The molecule has 0 aliphatic rings. The molecule has 0 fully saturated rings. The Kier molecular flexibility index (Phi) is 3.79. The topological polar surface area (TPSA) is 81.0 Å². The van der Waals surface area contributed by atoms with Gasteiger partial charge in [-0.1, -0.05) is 13.8 Å². The molecule has 0 radical (unpaired) electrons. The van der Waals surface area contributed by atoms with E-state index in [2.05, 4.69) is 15.3 Å². The molecule has 0 aliphatic carbocycles. The molecular weight excluding hydrogens is 220 g/mol. The molecule has 0 amide bonds. The van der Waals surface area contributed by atoms with Crippen LogP contribution in [0.25, 0.3) is 0 Å². The lowest BCUT2D eigenvalue weighted by molar-refractivity contribution is -0.384. The van der Waals surface area contributed by atoms with Gasteiger partial charge >= 0.3 is 5.69 Å². The van der Waals surface area contributed by atoms with Crippen molar-refractivity contribution >= 4 is 23.1 Å². The monoisotopic (exact) mass is 230 g/mol. The molecule has 1 aromatic heterocycles. The van der Waals surface area contributed by atoms with Crippen LogP contribution in [0.15, 0.2) is 6.20 Å². The van der Waals surface area contributed by atoms with E-state index in [1.54, 1.807) is 0 Å². The molecule has 82 valence electrons. The van der Waals surface area contributed by atoms with Crippen molar-refractivity contribution in [2.24, 2.45) is 5.92 Å². The van der Waals surface area contributed by atoms with E-state index in [-0.39, 0.29) is 16.8 Å². The van der Waals surface area contributed by atoms with Crippen molar-refractivity contribution in [2.45, 2.75) is 13.8 Å². The standard InChI is InChI=1S/C8H11ClN4O2/c1-5(2)3-10-7-6(13(14)15)4-11-8(9)12-7/h4-5H,3H2,1-2H3,(H,10,11,12). The fourth-order valence-electron chi connectivity index (χ4n) is 0.918. The van der Waals surface area contributed by atoms with Crippen molar-refractivity contribution in [3.05, 3.63) is 21.6 Å². The van der Waals surface area contributed by atoms with Gasteiger partial charge in [0.15, 0.2) is 0 Å². The Hall–Kier alpha value is -1.43. The van der Waals surface area contributed by atoms with Gasteiger partial charge in [0.2, 0.25) is 11.1 Å². The molecule has 15 heavy (non-hydrogen) atoms. The zero-order valence-corrected chi connectivity index (χ0v) is 9.15. The maximum Gasteiger partial charge on any atom is 0.329 e. The van der Waals surface area contributed by atoms with Crippen LogP contribution in [0.5, 0.6) is 0 Å². The normalized spacial score (nSPS) is 10.4. The third-order valence-electron chi connectivity index (χ3n) is 1.61. The minimum Gasteiger partial charge on any atom is -0.364 e. The van der Waals surface area contributed by atoms with Crippen molar-refractivity contribution in [1.29, 1.82) is 0 Å². The van der Waals surface area contributed by atoms with Crippen molar-refractivity contribution in [2.75, 3.05) is 11.9 Å². The molecule has 0 atom stereocenters. The number of nitrogens with one attached hydrogen (secondary N) is 1. The summed E-state index contributed by atoms with van der Waals surface area (Å²) in [5, 5.41) is 13.5. The van der Waals surface area contributed by atoms with Crippen LogP contribution < -0.4 is 5.32 Å². The van der Waals surface area contributed by atoms with Crippen LogP contribution in [-0.2, 0) is 0 Å². The summed E-state index contributed by atoms with van der Waals surface area (Å²) in [5.41, 5.74) is -0.167. The van der Waals surface area contributed by atoms with E-state index >= 15 is 0 Å². The SMILES string of the molecule is CC(C)CNc1nc(Cl)ncc1[N+](=O)[O-]. The minimum atomic E-state index is -0.543. The summed E-state index contributed by atoms with van der Waals surface area (Å²) in [4.78, 5) is 17.4. The van der Waals surface area contributed by atoms with Gasteiger partial charge in [0.05, 0.1) is 4.92 Å². The minimum absolute atomic E-state index is 0.00754. The number of nitro groups is 1. The number of hydrogen-bond donors (Lipinski definition) is 1.